The second-order valence-corrected chi connectivity index (χ2v) is 2.55. The maximum absolute atomic E-state index is 10.1. The predicted molar refractivity (Wildman–Crippen MR) is 53.6 cm³/mol. The van der Waals surface area contributed by atoms with E-state index >= 15 is 0 Å². The molecule has 0 saturated heterocycles. The Morgan fingerprint density at radius 3 is 1.00 bits per heavy atom. The van der Waals surface area contributed by atoms with Gasteiger partial charge in [0.05, 0.1) is 0 Å². The Hall–Kier alpha value is 0.780. The molecule has 86 valence electrons. The molecule has 0 radical (unpaired) electrons. The molecular weight excluding hydrogens is 246 g/mol. The molecule has 0 amide bonds. The van der Waals surface area contributed by atoms with Gasteiger partial charge in [-0.3, -0.25) is 0 Å². The summed E-state index contributed by atoms with van der Waals surface area (Å²) >= 11 is 0. The third-order valence-corrected chi connectivity index (χ3v) is 1.50. The molecule has 4 atom stereocenters. The molecule has 0 aromatic carbocycles. The van der Waals surface area contributed by atoms with Gasteiger partial charge >= 0.3 is 71.1 Å². The average molecular weight is 258 g/mol. The summed E-state index contributed by atoms with van der Waals surface area (Å²) in [4.78, 5) is 20.2. The van der Waals surface area contributed by atoms with E-state index in [-0.39, 0.29) is 59.1 Å². The molecule has 10 heteroatoms. The van der Waals surface area contributed by atoms with Gasteiger partial charge in [0, 0.05) is 0 Å². The number of rotatable bonds is 5. The van der Waals surface area contributed by atoms with Crippen molar-refractivity contribution < 1.29 is 40.2 Å². The van der Waals surface area contributed by atoms with Crippen LogP contribution in [0.25, 0.3) is 0 Å². The number of aliphatic hydroxyl groups is 4. The molecule has 0 aromatic rings. The van der Waals surface area contributed by atoms with Crippen LogP contribution in [-0.4, -0.2) is 126 Å². The fourth-order valence-corrected chi connectivity index (χ4v) is 0.666. The molecule has 0 aliphatic rings. The van der Waals surface area contributed by atoms with Crippen molar-refractivity contribution in [2.75, 3.05) is 0 Å². The van der Waals surface area contributed by atoms with E-state index in [0.717, 1.165) is 0 Å². The molecule has 0 aromatic heterocycles. The van der Waals surface area contributed by atoms with Gasteiger partial charge in [-0.15, -0.1) is 0 Å². The Bertz CT molecular complexity index is 211. The molecule has 0 aliphatic heterocycles. The van der Waals surface area contributed by atoms with E-state index in [1.54, 1.807) is 0 Å². The number of carbonyl (C=O) groups is 2. The second-order valence-electron chi connectivity index (χ2n) is 2.55. The zero-order chi connectivity index (χ0) is 11.5. The number of hydrogen-bond donors (Lipinski definition) is 6. The van der Waals surface area contributed by atoms with Crippen LogP contribution in [0.15, 0.2) is 0 Å². The van der Waals surface area contributed by atoms with Gasteiger partial charge < -0.3 is 30.6 Å². The molecular formula is C6H12Na2O8. The van der Waals surface area contributed by atoms with E-state index in [1.807, 2.05) is 0 Å². The topological polar surface area (TPSA) is 156 Å². The molecule has 0 saturated carbocycles. The molecule has 0 fully saturated rings. The van der Waals surface area contributed by atoms with Gasteiger partial charge in [-0.25, -0.2) is 9.59 Å². The van der Waals surface area contributed by atoms with E-state index in [9.17, 15) is 9.59 Å². The average Bonchev–Trinajstić information content (AvgIpc) is 2.12. The SMILES string of the molecule is O=C(O)[C@@H](O)[C@@H](O)[C@H](O)[C@@H](O)C(=O)O.[NaH].[NaH]. The van der Waals surface area contributed by atoms with E-state index in [0.29, 0.717) is 0 Å². The molecule has 0 spiro atoms. The van der Waals surface area contributed by atoms with Crippen molar-refractivity contribution in [3.8, 4) is 0 Å². The molecule has 0 heterocycles. The zero-order valence-electron chi connectivity index (χ0n) is 6.81. The minimum absolute atomic E-state index is 0. The van der Waals surface area contributed by atoms with Gasteiger partial charge in [0.25, 0.3) is 0 Å². The third kappa shape index (κ3) is 6.50. The number of aliphatic hydroxyl groups excluding tert-OH is 4. The Morgan fingerprint density at radius 1 is 0.688 bits per heavy atom. The summed E-state index contributed by atoms with van der Waals surface area (Å²) in [6.07, 6.45) is -9.28. The van der Waals surface area contributed by atoms with Crippen molar-refractivity contribution in [1.82, 2.24) is 0 Å². The van der Waals surface area contributed by atoms with E-state index < -0.39 is 36.4 Å². The van der Waals surface area contributed by atoms with Gasteiger partial charge in [0.15, 0.2) is 12.2 Å². The van der Waals surface area contributed by atoms with Gasteiger partial charge in [0.2, 0.25) is 0 Å². The first-order valence-electron chi connectivity index (χ1n) is 3.47. The van der Waals surface area contributed by atoms with Gasteiger partial charge in [-0.2, -0.15) is 0 Å². The van der Waals surface area contributed by atoms with Crippen LogP contribution in [0.3, 0.4) is 0 Å². The van der Waals surface area contributed by atoms with Crippen LogP contribution in [0.5, 0.6) is 0 Å². The molecule has 6 N–H and O–H groups in total. The van der Waals surface area contributed by atoms with Crippen molar-refractivity contribution in [3.05, 3.63) is 0 Å². The second kappa shape index (κ2) is 9.77. The zero-order valence-corrected chi connectivity index (χ0v) is 6.81. The van der Waals surface area contributed by atoms with Crippen LogP contribution in [0.4, 0.5) is 0 Å². The van der Waals surface area contributed by atoms with Gasteiger partial charge in [-0.05, 0) is 0 Å². The normalized spacial score (nSPS) is 17.0. The minimum atomic E-state index is -2.36. The van der Waals surface area contributed by atoms with E-state index in [1.165, 1.54) is 0 Å². The molecule has 0 bridgehead atoms. The third-order valence-electron chi connectivity index (χ3n) is 1.50. The molecule has 16 heavy (non-hydrogen) atoms. The standard InChI is InChI=1S/C6H10O8.2Na.2H/c7-1(3(9)5(11)12)2(8)4(10)6(13)14;;;;/h1-4,7-10H,(H,11,12)(H,13,14);;;;/t1-,2-,3-,4+;;;;/m0..../s1. The summed E-state index contributed by atoms with van der Waals surface area (Å²) in [5.74, 6) is -3.68. The Kier molecular flexibility index (Phi) is 13.4. The van der Waals surface area contributed by atoms with Gasteiger partial charge in [0.1, 0.15) is 12.2 Å². The van der Waals surface area contributed by atoms with Crippen molar-refractivity contribution in [2.45, 2.75) is 24.4 Å². The fourth-order valence-electron chi connectivity index (χ4n) is 0.666. The summed E-state index contributed by atoms with van der Waals surface area (Å²) in [5, 5.41) is 51.5. The number of carboxylic acid groups (broad SMARTS) is 2. The fraction of sp³-hybridized carbons (Fsp3) is 0.667. The Labute approximate surface area is 134 Å². The van der Waals surface area contributed by atoms with Crippen LogP contribution >= 0.6 is 0 Å². The first-order chi connectivity index (χ1) is 6.29. The summed E-state index contributed by atoms with van der Waals surface area (Å²) in [6.45, 7) is 0. The van der Waals surface area contributed by atoms with Crippen LogP contribution in [0.2, 0.25) is 0 Å². The van der Waals surface area contributed by atoms with Crippen LogP contribution in [0, 0.1) is 0 Å². The predicted octanol–water partition coefficient (Wildman–Crippen LogP) is -4.70. The van der Waals surface area contributed by atoms with Crippen molar-refractivity contribution >= 4 is 71.1 Å². The molecule has 0 unspecified atom stereocenters. The summed E-state index contributed by atoms with van der Waals surface area (Å²) < 4.78 is 0. The van der Waals surface area contributed by atoms with Crippen molar-refractivity contribution in [2.24, 2.45) is 0 Å². The van der Waals surface area contributed by atoms with Crippen LogP contribution < -0.4 is 0 Å². The molecule has 8 nitrogen and oxygen atoms in total. The quantitative estimate of drug-likeness (QED) is 0.269. The van der Waals surface area contributed by atoms with Crippen molar-refractivity contribution in [1.29, 1.82) is 0 Å². The first-order valence-corrected chi connectivity index (χ1v) is 3.47. The summed E-state index contributed by atoms with van der Waals surface area (Å²) in [7, 11) is 0. The maximum atomic E-state index is 10.1. The van der Waals surface area contributed by atoms with Crippen molar-refractivity contribution in [3.63, 3.8) is 0 Å². The van der Waals surface area contributed by atoms with E-state index in [4.69, 9.17) is 30.6 Å². The number of aliphatic carboxylic acids is 2. The molecule has 0 aliphatic carbocycles. The van der Waals surface area contributed by atoms with E-state index in [2.05, 4.69) is 0 Å². The van der Waals surface area contributed by atoms with Crippen LogP contribution in [0.1, 0.15) is 0 Å². The molecule has 0 rings (SSSR count). The van der Waals surface area contributed by atoms with Gasteiger partial charge in [-0.1, -0.05) is 0 Å². The number of hydrogen-bond acceptors (Lipinski definition) is 6. The van der Waals surface area contributed by atoms with Crippen LogP contribution in [-0.2, 0) is 9.59 Å². The summed E-state index contributed by atoms with van der Waals surface area (Å²) in [6, 6.07) is 0. The Balaban J connectivity index is -0.000000845. The first kappa shape index (κ1) is 22.0. The Morgan fingerprint density at radius 2 is 0.875 bits per heavy atom. The summed E-state index contributed by atoms with van der Waals surface area (Å²) in [5.41, 5.74) is 0. The number of carboxylic acids is 2. The monoisotopic (exact) mass is 258 g/mol.